The van der Waals surface area contributed by atoms with Crippen LogP contribution in [0.1, 0.15) is 27.7 Å². The van der Waals surface area contributed by atoms with Crippen LogP contribution in [0.15, 0.2) is 93.0 Å². The fourth-order valence-electron chi connectivity index (χ4n) is 4.63. The molecule has 1 atom stereocenters. The summed E-state index contributed by atoms with van der Waals surface area (Å²) in [6, 6.07) is 21.1. The predicted octanol–water partition coefficient (Wildman–Crippen LogP) is 6.05. The van der Waals surface area contributed by atoms with Crippen molar-refractivity contribution in [3.8, 4) is 5.75 Å². The molecule has 1 unspecified atom stereocenters. The zero-order valence-electron chi connectivity index (χ0n) is 20.6. The van der Waals surface area contributed by atoms with E-state index < -0.39 is 23.5 Å². The minimum absolute atomic E-state index is 0.0179. The molecule has 3 aromatic carbocycles. The van der Waals surface area contributed by atoms with Crippen LogP contribution in [0.3, 0.4) is 0 Å². The summed E-state index contributed by atoms with van der Waals surface area (Å²) in [6.45, 7) is 0.136. The molecule has 8 heteroatoms. The largest absolute Gasteiger partial charge is 0.503 e. The van der Waals surface area contributed by atoms with Crippen molar-refractivity contribution in [3.05, 3.63) is 105 Å². The van der Waals surface area contributed by atoms with E-state index in [2.05, 4.69) is 15.9 Å². The van der Waals surface area contributed by atoms with Gasteiger partial charge in [0.25, 0.3) is 5.91 Å². The molecular weight excluding hydrogens is 536 g/mol. The third kappa shape index (κ3) is 4.49. The van der Waals surface area contributed by atoms with E-state index in [1.807, 2.05) is 79.7 Å². The topological polar surface area (TPSA) is 83.2 Å². The maximum Gasteiger partial charge on any atom is 0.290 e. The number of hydrogen-bond acceptors (Lipinski definition) is 6. The molecule has 0 bridgehead atoms. The van der Waals surface area contributed by atoms with Gasteiger partial charge in [0, 0.05) is 35.2 Å². The second-order valence-corrected chi connectivity index (χ2v) is 9.93. The average molecular weight is 561 g/mol. The fourth-order valence-corrected chi connectivity index (χ4v) is 5.00. The number of para-hydroxylation sites is 1. The molecule has 1 aromatic heterocycles. The van der Waals surface area contributed by atoms with E-state index in [4.69, 9.17) is 9.15 Å². The summed E-state index contributed by atoms with van der Waals surface area (Å²) >= 11 is 3.43. The molecule has 37 heavy (non-hydrogen) atoms. The summed E-state index contributed by atoms with van der Waals surface area (Å²) in [7, 11) is 5.43. The van der Waals surface area contributed by atoms with Gasteiger partial charge in [0.2, 0.25) is 5.78 Å². The number of halogens is 1. The highest BCUT2D eigenvalue weighted by atomic mass is 79.9. The maximum absolute atomic E-state index is 13.8. The Balaban J connectivity index is 1.60. The Labute approximate surface area is 222 Å². The highest BCUT2D eigenvalue weighted by Gasteiger charge is 2.44. The van der Waals surface area contributed by atoms with E-state index in [0.717, 1.165) is 21.1 Å². The van der Waals surface area contributed by atoms with Gasteiger partial charge < -0.3 is 24.1 Å². The van der Waals surface area contributed by atoms with Crippen molar-refractivity contribution in [2.75, 3.05) is 26.1 Å². The van der Waals surface area contributed by atoms with Crippen LogP contribution in [0.25, 0.3) is 11.0 Å². The van der Waals surface area contributed by atoms with Crippen molar-refractivity contribution in [1.82, 2.24) is 4.90 Å². The Bertz CT molecular complexity index is 1540. The van der Waals surface area contributed by atoms with E-state index >= 15 is 0 Å². The van der Waals surface area contributed by atoms with E-state index in [-0.39, 0.29) is 17.9 Å². The molecule has 0 aliphatic carbocycles. The lowest BCUT2D eigenvalue weighted by atomic mass is 9.94. The van der Waals surface area contributed by atoms with Crippen LogP contribution in [0.5, 0.6) is 5.75 Å². The van der Waals surface area contributed by atoms with Crippen LogP contribution in [-0.4, -0.2) is 42.9 Å². The first-order chi connectivity index (χ1) is 17.8. The zero-order valence-corrected chi connectivity index (χ0v) is 22.2. The van der Waals surface area contributed by atoms with Gasteiger partial charge in [-0.25, -0.2) is 0 Å². The van der Waals surface area contributed by atoms with Gasteiger partial charge in [0.1, 0.15) is 11.3 Å². The third-order valence-corrected chi connectivity index (χ3v) is 7.00. The molecule has 1 N–H and O–H groups in total. The monoisotopic (exact) mass is 560 g/mol. The molecule has 7 nitrogen and oxygen atoms in total. The number of furan rings is 1. The molecular formula is C29H25BrN2O5. The number of methoxy groups -OCH3 is 1. The lowest BCUT2D eigenvalue weighted by Crippen LogP contribution is -2.31. The van der Waals surface area contributed by atoms with E-state index in [9.17, 15) is 14.7 Å². The van der Waals surface area contributed by atoms with Crippen LogP contribution in [0, 0.1) is 0 Å². The number of Topliss-reactive ketones (excluding diaryl/α,β-unsaturated/α-hetero) is 1. The quantitative estimate of drug-likeness (QED) is 0.277. The maximum atomic E-state index is 13.8. The Morgan fingerprint density at radius 2 is 1.81 bits per heavy atom. The normalized spacial score (nSPS) is 15.5. The molecule has 1 amide bonds. The molecule has 0 saturated carbocycles. The third-order valence-electron chi connectivity index (χ3n) is 6.51. The lowest BCUT2D eigenvalue weighted by molar-refractivity contribution is -0.130. The first-order valence-electron chi connectivity index (χ1n) is 11.7. The Morgan fingerprint density at radius 1 is 1.08 bits per heavy atom. The highest BCUT2D eigenvalue weighted by molar-refractivity contribution is 9.10. The molecule has 5 rings (SSSR count). The van der Waals surface area contributed by atoms with Crippen molar-refractivity contribution in [3.63, 3.8) is 0 Å². The van der Waals surface area contributed by atoms with Crippen LogP contribution in [0.4, 0.5) is 5.69 Å². The van der Waals surface area contributed by atoms with Crippen molar-refractivity contribution in [1.29, 1.82) is 0 Å². The van der Waals surface area contributed by atoms with Crippen LogP contribution >= 0.6 is 15.9 Å². The first-order valence-corrected chi connectivity index (χ1v) is 12.4. The second-order valence-electron chi connectivity index (χ2n) is 9.02. The number of carbonyl (C=O) groups excluding carboxylic acids is 2. The highest BCUT2D eigenvalue weighted by Crippen LogP contribution is 2.41. The van der Waals surface area contributed by atoms with E-state index in [1.165, 1.54) is 4.90 Å². The number of ketones is 1. The molecule has 0 saturated heterocycles. The van der Waals surface area contributed by atoms with Crippen molar-refractivity contribution < 1.29 is 23.8 Å². The second kappa shape index (κ2) is 9.78. The summed E-state index contributed by atoms with van der Waals surface area (Å²) in [4.78, 5) is 30.7. The standard InChI is InChI=1S/C29H25BrN2O5/c1-31(2)21-11-8-17(9-12-21)26-25(27(33)24-15-19-14-20(30)10-13-23(19)37-24)28(34)29(35)32(26)16-18-6-4-5-7-22(18)36-3/h4-15,26,34H,16H2,1-3H3. The fraction of sp³-hybridized carbons (Fsp3) is 0.172. The zero-order chi connectivity index (χ0) is 26.3. The Hall–Kier alpha value is -4.04. The number of benzene rings is 3. The number of carbonyl (C=O) groups is 2. The molecule has 188 valence electrons. The summed E-state index contributed by atoms with van der Waals surface area (Å²) < 4.78 is 12.2. The number of hydrogen-bond donors (Lipinski definition) is 1. The molecule has 1 aliphatic rings. The van der Waals surface area contributed by atoms with Gasteiger partial charge in [0.05, 0.1) is 25.3 Å². The Kier molecular flexibility index (Phi) is 6.52. The molecule has 2 heterocycles. The van der Waals surface area contributed by atoms with Crippen LogP contribution in [-0.2, 0) is 11.3 Å². The number of rotatable bonds is 7. The number of anilines is 1. The number of nitrogens with zero attached hydrogens (tertiary/aromatic N) is 2. The van der Waals surface area contributed by atoms with Crippen LogP contribution in [0.2, 0.25) is 0 Å². The van der Waals surface area contributed by atoms with Crippen LogP contribution < -0.4 is 9.64 Å². The summed E-state index contributed by atoms with van der Waals surface area (Å²) in [5, 5.41) is 11.8. The molecule has 0 radical (unpaired) electrons. The Morgan fingerprint density at radius 3 is 2.51 bits per heavy atom. The number of amides is 1. The predicted molar refractivity (Wildman–Crippen MR) is 145 cm³/mol. The van der Waals surface area contributed by atoms with Gasteiger partial charge in [-0.2, -0.15) is 0 Å². The number of aliphatic hydroxyl groups is 1. The molecule has 0 fully saturated rings. The minimum Gasteiger partial charge on any atom is -0.503 e. The van der Waals surface area contributed by atoms with Gasteiger partial charge in [0.15, 0.2) is 11.5 Å². The molecule has 0 spiro atoms. The van der Waals surface area contributed by atoms with E-state index in [1.54, 1.807) is 19.2 Å². The van der Waals surface area contributed by atoms with Gasteiger partial charge >= 0.3 is 0 Å². The van der Waals surface area contributed by atoms with Crippen molar-refractivity contribution >= 4 is 44.3 Å². The van der Waals surface area contributed by atoms with Gasteiger partial charge in [-0.1, -0.05) is 46.3 Å². The lowest BCUT2D eigenvalue weighted by Gasteiger charge is -2.27. The van der Waals surface area contributed by atoms with Gasteiger partial charge in [-0.15, -0.1) is 0 Å². The van der Waals surface area contributed by atoms with Gasteiger partial charge in [-0.3, -0.25) is 9.59 Å². The van der Waals surface area contributed by atoms with E-state index in [0.29, 0.717) is 16.9 Å². The van der Waals surface area contributed by atoms with Gasteiger partial charge in [-0.05, 0) is 48.0 Å². The summed E-state index contributed by atoms with van der Waals surface area (Å²) in [5.74, 6) is -1.09. The summed E-state index contributed by atoms with van der Waals surface area (Å²) in [6.07, 6.45) is 0. The number of ether oxygens (including phenoxy) is 1. The molecule has 1 aliphatic heterocycles. The first kappa shape index (κ1) is 24.6. The number of aliphatic hydroxyl groups excluding tert-OH is 1. The summed E-state index contributed by atoms with van der Waals surface area (Å²) in [5.41, 5.74) is 2.93. The minimum atomic E-state index is -0.818. The smallest absolute Gasteiger partial charge is 0.290 e. The molecule has 4 aromatic rings. The number of fused-ring (bicyclic) bond motifs is 1. The average Bonchev–Trinajstić information content (AvgIpc) is 3.43. The van der Waals surface area contributed by atoms with Crippen molar-refractivity contribution in [2.24, 2.45) is 0 Å². The SMILES string of the molecule is COc1ccccc1CN1C(=O)C(O)=C(C(=O)c2cc3cc(Br)ccc3o2)C1c1ccc(N(C)C)cc1. The van der Waals surface area contributed by atoms with Crippen molar-refractivity contribution in [2.45, 2.75) is 12.6 Å².